The van der Waals surface area contributed by atoms with Crippen LogP contribution in [0.2, 0.25) is 0 Å². The highest BCUT2D eigenvalue weighted by molar-refractivity contribution is 6.06. The number of nitrogens with zero attached hydrogens (tertiary/aromatic N) is 9. The summed E-state index contributed by atoms with van der Waals surface area (Å²) in [6, 6.07) is 24.1. The van der Waals surface area contributed by atoms with Crippen LogP contribution in [0.3, 0.4) is 0 Å². The highest BCUT2D eigenvalue weighted by atomic mass is 19.1. The largest absolute Gasteiger partial charge is 0.486 e. The maximum absolute atomic E-state index is 15.8. The molecule has 7 heterocycles. The number of pyridine rings is 1. The van der Waals surface area contributed by atoms with Crippen LogP contribution in [0.1, 0.15) is 119 Å². The number of fused-ring (bicyclic) bond motifs is 4. The normalized spacial score (nSPS) is 20.2. The minimum Gasteiger partial charge on any atom is -0.486 e. The molecule has 4 N–H and O–H groups in total. The van der Waals surface area contributed by atoms with Gasteiger partial charge in [0.05, 0.1) is 37.0 Å². The van der Waals surface area contributed by atoms with Gasteiger partial charge in [-0.3, -0.25) is 24.7 Å². The zero-order chi connectivity index (χ0) is 57.6. The smallest absolute Gasteiger partial charge is 0.319 e. The van der Waals surface area contributed by atoms with E-state index in [9.17, 15) is 14.7 Å². The van der Waals surface area contributed by atoms with E-state index in [2.05, 4.69) is 97.2 Å². The van der Waals surface area contributed by atoms with E-state index in [0.29, 0.717) is 71.7 Å². The average Bonchev–Trinajstić information content (AvgIpc) is 1.88. The summed E-state index contributed by atoms with van der Waals surface area (Å²) in [5.74, 6) is 1.70. The van der Waals surface area contributed by atoms with E-state index >= 15 is 4.39 Å². The molecule has 4 fully saturated rings. The maximum atomic E-state index is 15.8. The Morgan fingerprint density at radius 2 is 1.68 bits per heavy atom. The first-order valence-electron chi connectivity index (χ1n) is 29.1. The van der Waals surface area contributed by atoms with Crippen LogP contribution in [0.4, 0.5) is 10.2 Å². The van der Waals surface area contributed by atoms with E-state index in [4.69, 9.17) is 24.2 Å². The van der Waals surface area contributed by atoms with Gasteiger partial charge in [0.15, 0.2) is 5.75 Å². The van der Waals surface area contributed by atoms with Gasteiger partial charge in [-0.25, -0.2) is 4.39 Å². The van der Waals surface area contributed by atoms with Crippen LogP contribution < -0.4 is 25.0 Å². The number of nitrogens with one attached hydrogen (secondary N) is 3. The number of rotatable bonds is 19. The SMILES string of the molecule is CC.CO[C@@H](C)COc1nc(N2CC3CC2CN3)c2cc(C3CC3)c(-c3c(C)c(F)cc4[nH]ncc34)c(OCc3ccc(C4CN(C(C)C(C)C)N=N4)cc3)c2n1.O=CN1CCCC1C(=O)NC(CO)c1ccc(-c2ccncc2)cc1. The molecule has 432 valence electrons. The molecule has 1 aliphatic carbocycles. The van der Waals surface area contributed by atoms with Crippen LogP contribution in [0.25, 0.3) is 44.1 Å². The summed E-state index contributed by atoms with van der Waals surface area (Å²) in [7, 11) is 1.66. The van der Waals surface area contributed by atoms with Crippen molar-refractivity contribution in [1.82, 2.24) is 45.7 Å². The molecule has 4 aromatic carbocycles. The molecular formula is C63H77FN12O6. The number of piperazine rings is 1. The maximum Gasteiger partial charge on any atom is 0.319 e. The number of aliphatic hydroxyl groups excluding tert-OH is 1. The van der Waals surface area contributed by atoms with Crippen molar-refractivity contribution in [3.05, 3.63) is 125 Å². The van der Waals surface area contributed by atoms with Gasteiger partial charge >= 0.3 is 6.01 Å². The van der Waals surface area contributed by atoms with Crippen molar-refractivity contribution < 1.29 is 33.3 Å². The van der Waals surface area contributed by atoms with Gasteiger partial charge < -0.3 is 39.8 Å². The number of aliphatic hydroxyl groups is 1. The molecule has 82 heavy (non-hydrogen) atoms. The Morgan fingerprint density at radius 3 is 2.35 bits per heavy atom. The number of carbonyl (C=O) groups is 2. The fraction of sp³-hybridized carbons (Fsp3) is 0.460. The van der Waals surface area contributed by atoms with Gasteiger partial charge in [0.1, 0.15) is 42.4 Å². The van der Waals surface area contributed by atoms with Crippen LogP contribution >= 0.6 is 0 Å². The van der Waals surface area contributed by atoms with Crippen LogP contribution in [0.5, 0.6) is 11.8 Å². The number of hydrogen-bond donors (Lipinski definition) is 4. The second-order valence-corrected chi connectivity index (χ2v) is 22.3. The molecule has 0 spiro atoms. The molecule has 2 bridgehead atoms. The molecule has 3 saturated heterocycles. The first kappa shape index (κ1) is 57.6. The van der Waals surface area contributed by atoms with Crippen LogP contribution in [-0.4, -0.2) is 129 Å². The van der Waals surface area contributed by atoms with Gasteiger partial charge in [-0.1, -0.05) is 81.4 Å². The van der Waals surface area contributed by atoms with E-state index in [0.717, 1.165) is 106 Å². The molecule has 19 heteroatoms. The predicted molar refractivity (Wildman–Crippen MR) is 315 cm³/mol. The molecule has 12 rings (SSSR count). The number of carbonyl (C=O) groups excluding carboxylic acids is 2. The lowest BCUT2D eigenvalue weighted by atomic mass is 9.88. The Labute approximate surface area is 479 Å². The third kappa shape index (κ3) is 12.3. The number of hydrogen-bond acceptors (Lipinski definition) is 15. The summed E-state index contributed by atoms with van der Waals surface area (Å²) in [6.07, 6.45) is 10.4. The highest BCUT2D eigenvalue weighted by Crippen LogP contribution is 2.53. The zero-order valence-corrected chi connectivity index (χ0v) is 48.3. The van der Waals surface area contributed by atoms with Gasteiger partial charge in [0.25, 0.3) is 0 Å². The van der Waals surface area contributed by atoms with Crippen molar-refractivity contribution in [2.45, 2.75) is 135 Å². The van der Waals surface area contributed by atoms with E-state index in [1.807, 2.05) is 64.1 Å². The fourth-order valence-electron chi connectivity index (χ4n) is 11.5. The number of anilines is 1. The molecule has 6 unspecified atom stereocenters. The number of aromatic nitrogens is 5. The van der Waals surface area contributed by atoms with Gasteiger partial charge in [-0.05, 0) is 128 Å². The Morgan fingerprint density at radius 1 is 0.927 bits per heavy atom. The number of methoxy groups -OCH3 is 1. The number of ether oxygens (including phenoxy) is 3. The second-order valence-electron chi connectivity index (χ2n) is 22.3. The molecular weight excluding hydrogens is 1040 g/mol. The molecule has 3 aromatic heterocycles. The minimum absolute atomic E-state index is 0.0133. The Balaban J connectivity index is 0.000000233. The standard InChI is InChI=1S/C42H50FN9O3.C19H21N3O3.C2H6/c1-22(2)25(5)52-19-36(49-50-52)28-9-7-26(8-10-28)21-54-40-38(37-24(4)34(43)15-35-33(37)17-45-48-35)31(27-11-12-27)14-32-39(40)46-42(55-20-23(3)53-6)47-41(32)51-18-29-13-30(51)16-44-29;23-12-17(21-19(25)18-2-1-11-22(18)13-24)16-5-3-14(4-6-16)15-7-9-20-10-8-15;1-2/h7-10,14-15,17,22-23,25,27,29-30,36,44H,11-13,16,18-21H2,1-6H3,(H,45,48);3-10,13,17-18,23H,1-2,11-12H2,(H,21,25);1-2H3/t23-,25?,29?,30?,36?;;/m0../s1. The van der Waals surface area contributed by atoms with Gasteiger partial charge in [0.2, 0.25) is 12.3 Å². The lowest BCUT2D eigenvalue weighted by Crippen LogP contribution is -2.44. The number of likely N-dealkylation sites (tertiary alicyclic amines) is 1. The highest BCUT2D eigenvalue weighted by Gasteiger charge is 2.41. The van der Waals surface area contributed by atoms with Crippen molar-refractivity contribution in [3.63, 3.8) is 0 Å². The lowest BCUT2D eigenvalue weighted by molar-refractivity contribution is -0.131. The minimum atomic E-state index is -0.493. The van der Waals surface area contributed by atoms with E-state index in [-0.39, 0.29) is 49.7 Å². The Bertz CT molecular complexity index is 3360. The number of halogens is 1. The molecule has 5 aliphatic rings. The van der Waals surface area contributed by atoms with E-state index < -0.39 is 12.1 Å². The van der Waals surface area contributed by atoms with Crippen molar-refractivity contribution in [2.75, 3.05) is 51.4 Å². The fourth-order valence-corrected chi connectivity index (χ4v) is 11.5. The summed E-state index contributed by atoms with van der Waals surface area (Å²) < 4.78 is 34.7. The topological polar surface area (TPSA) is 208 Å². The van der Waals surface area contributed by atoms with Crippen LogP contribution in [0.15, 0.2) is 102 Å². The number of H-pyrrole nitrogens is 1. The second kappa shape index (κ2) is 25.7. The molecule has 2 amide bonds. The molecule has 0 radical (unpaired) electrons. The lowest BCUT2D eigenvalue weighted by Gasteiger charge is -2.30. The quantitative estimate of drug-likeness (QED) is 0.0557. The summed E-state index contributed by atoms with van der Waals surface area (Å²) in [5.41, 5.74) is 9.58. The van der Waals surface area contributed by atoms with E-state index in [1.54, 1.807) is 25.7 Å². The molecule has 4 aliphatic heterocycles. The molecule has 7 aromatic rings. The number of amides is 2. The van der Waals surface area contributed by atoms with Gasteiger partial charge in [0, 0.05) is 79.2 Å². The van der Waals surface area contributed by atoms with Gasteiger partial charge in [-0.2, -0.15) is 20.2 Å². The summed E-state index contributed by atoms with van der Waals surface area (Å²) in [6.45, 7) is 17.9. The van der Waals surface area contributed by atoms with Gasteiger partial charge in [-0.15, -0.1) is 0 Å². The Hall–Kier alpha value is -7.61. The first-order chi connectivity index (χ1) is 39.9. The van der Waals surface area contributed by atoms with Crippen molar-refractivity contribution in [1.29, 1.82) is 0 Å². The van der Waals surface area contributed by atoms with Crippen LogP contribution in [-0.2, 0) is 20.9 Å². The van der Waals surface area contributed by atoms with Crippen LogP contribution in [0, 0.1) is 18.7 Å². The van der Waals surface area contributed by atoms with Crippen molar-refractivity contribution >= 4 is 39.9 Å². The van der Waals surface area contributed by atoms with E-state index in [1.165, 1.54) is 11.0 Å². The Kier molecular flexibility index (Phi) is 18.0. The summed E-state index contributed by atoms with van der Waals surface area (Å²) in [5, 5.41) is 36.4. The summed E-state index contributed by atoms with van der Waals surface area (Å²) in [4.78, 5) is 41.6. The third-order valence-electron chi connectivity index (χ3n) is 16.7. The first-order valence-corrected chi connectivity index (χ1v) is 29.1. The molecule has 7 atom stereocenters. The zero-order valence-electron chi connectivity index (χ0n) is 48.3. The number of aromatic amines is 1. The van der Waals surface area contributed by atoms with Crippen molar-refractivity contribution in [2.24, 2.45) is 16.3 Å². The average molecular weight is 1120 g/mol. The third-order valence-corrected chi connectivity index (χ3v) is 16.7. The predicted octanol–water partition coefficient (Wildman–Crippen LogP) is 10.4. The molecule has 1 saturated carbocycles. The number of benzene rings is 4. The monoisotopic (exact) mass is 1120 g/mol. The summed E-state index contributed by atoms with van der Waals surface area (Å²) >= 11 is 0. The molecule has 18 nitrogen and oxygen atoms in total. The van der Waals surface area contributed by atoms with Crippen molar-refractivity contribution in [3.8, 4) is 34.0 Å².